The van der Waals surface area contributed by atoms with Crippen LogP contribution in [0.2, 0.25) is 0 Å². The molecule has 0 saturated carbocycles. The van der Waals surface area contributed by atoms with Crippen molar-refractivity contribution in [3.05, 3.63) is 24.0 Å². The molecular weight excluding hydrogens is 264 g/mol. The third-order valence-electron chi connectivity index (χ3n) is 2.96. The lowest BCUT2D eigenvalue weighted by Gasteiger charge is -2.12. The number of ether oxygens (including phenoxy) is 1. The third kappa shape index (κ3) is 3.31. The summed E-state index contributed by atoms with van der Waals surface area (Å²) < 4.78 is 4.80. The number of carbonyl (C=O) groups is 4. The van der Waals surface area contributed by atoms with Crippen molar-refractivity contribution in [1.29, 1.82) is 0 Å². The van der Waals surface area contributed by atoms with Gasteiger partial charge in [-0.25, -0.2) is 0 Å². The molecule has 1 aromatic heterocycles. The number of likely N-dealkylation sites (tertiary alicyclic amines) is 1. The summed E-state index contributed by atoms with van der Waals surface area (Å²) in [6.45, 7) is -0.353. The summed E-state index contributed by atoms with van der Waals surface area (Å²) in [5.41, 5.74) is 0.364. The van der Waals surface area contributed by atoms with Crippen LogP contribution >= 0.6 is 0 Å². The lowest BCUT2D eigenvalue weighted by molar-refractivity contribution is -0.144. The van der Waals surface area contributed by atoms with Gasteiger partial charge in [0.15, 0.2) is 6.61 Å². The van der Waals surface area contributed by atoms with Crippen molar-refractivity contribution < 1.29 is 23.9 Å². The first kappa shape index (κ1) is 14.0. The van der Waals surface area contributed by atoms with Gasteiger partial charge in [-0.3, -0.25) is 24.1 Å². The van der Waals surface area contributed by atoms with Gasteiger partial charge >= 0.3 is 5.97 Å². The maximum Gasteiger partial charge on any atom is 0.308 e. The first-order valence-corrected chi connectivity index (χ1v) is 6.23. The highest BCUT2D eigenvalue weighted by atomic mass is 16.5. The maximum absolute atomic E-state index is 11.5. The van der Waals surface area contributed by atoms with Crippen LogP contribution in [0.1, 0.15) is 29.8 Å². The standard InChI is InChI=1S/C13H14N2O5/c16-10(9-2-1-6-14-9)8-20-13(19)5-7-15-11(17)3-4-12(15)18/h1-2,6,14H,3-5,7-8H2. The van der Waals surface area contributed by atoms with Crippen molar-refractivity contribution in [2.45, 2.75) is 19.3 Å². The molecule has 0 aromatic carbocycles. The number of esters is 1. The molecule has 1 saturated heterocycles. The van der Waals surface area contributed by atoms with E-state index in [1.54, 1.807) is 18.3 Å². The largest absolute Gasteiger partial charge is 0.457 e. The van der Waals surface area contributed by atoms with Crippen molar-refractivity contribution in [3.8, 4) is 0 Å². The van der Waals surface area contributed by atoms with E-state index < -0.39 is 5.97 Å². The molecule has 1 aliphatic rings. The van der Waals surface area contributed by atoms with Gasteiger partial charge in [-0.05, 0) is 12.1 Å². The van der Waals surface area contributed by atoms with Crippen LogP contribution < -0.4 is 0 Å². The maximum atomic E-state index is 11.5. The Labute approximate surface area is 114 Å². The van der Waals surface area contributed by atoms with Crippen LogP contribution in [0, 0.1) is 0 Å². The molecular formula is C13H14N2O5. The van der Waals surface area contributed by atoms with Gasteiger partial charge in [-0.15, -0.1) is 0 Å². The van der Waals surface area contributed by atoms with E-state index in [4.69, 9.17) is 4.74 Å². The second kappa shape index (κ2) is 6.14. The molecule has 7 heteroatoms. The number of aromatic amines is 1. The minimum atomic E-state index is -0.614. The molecule has 0 unspecified atom stereocenters. The predicted octanol–water partition coefficient (Wildman–Crippen LogP) is 0.280. The highest BCUT2D eigenvalue weighted by Gasteiger charge is 2.29. The van der Waals surface area contributed by atoms with E-state index in [9.17, 15) is 19.2 Å². The molecule has 0 radical (unpaired) electrons. The fraction of sp³-hybridized carbons (Fsp3) is 0.385. The number of rotatable bonds is 6. The summed E-state index contributed by atoms with van der Waals surface area (Å²) in [5.74, 6) is -1.50. The summed E-state index contributed by atoms with van der Waals surface area (Å²) in [4.78, 5) is 49.4. The van der Waals surface area contributed by atoms with Crippen LogP contribution in [-0.2, 0) is 19.1 Å². The number of H-pyrrole nitrogens is 1. The van der Waals surface area contributed by atoms with E-state index >= 15 is 0 Å². The molecule has 1 aliphatic heterocycles. The predicted molar refractivity (Wildman–Crippen MR) is 66.7 cm³/mol. The summed E-state index contributed by atoms with van der Waals surface area (Å²) in [6, 6.07) is 3.25. The Kier molecular flexibility index (Phi) is 4.29. The van der Waals surface area contributed by atoms with Gasteiger partial charge in [0.05, 0.1) is 12.1 Å². The fourth-order valence-corrected chi connectivity index (χ4v) is 1.88. The molecule has 2 rings (SSSR count). The Bertz CT molecular complexity index is 519. The van der Waals surface area contributed by atoms with Gasteiger partial charge in [0.25, 0.3) is 0 Å². The topological polar surface area (TPSA) is 96.5 Å². The van der Waals surface area contributed by atoms with Crippen LogP contribution in [0.4, 0.5) is 0 Å². The molecule has 1 fully saturated rings. The number of ketones is 1. The molecule has 1 N–H and O–H groups in total. The minimum absolute atomic E-state index is 0.00714. The van der Waals surface area contributed by atoms with Crippen molar-refractivity contribution in [1.82, 2.24) is 9.88 Å². The van der Waals surface area contributed by atoms with E-state index in [0.29, 0.717) is 5.69 Å². The molecule has 2 heterocycles. The average Bonchev–Trinajstić information content (AvgIpc) is 3.05. The SMILES string of the molecule is O=C(CCN1C(=O)CCC1=O)OCC(=O)c1ccc[nH]1. The molecule has 0 aliphatic carbocycles. The minimum Gasteiger partial charge on any atom is -0.457 e. The Balaban J connectivity index is 1.72. The van der Waals surface area contributed by atoms with E-state index in [-0.39, 0.29) is 50.0 Å². The highest BCUT2D eigenvalue weighted by molar-refractivity contribution is 6.02. The van der Waals surface area contributed by atoms with E-state index in [0.717, 1.165) is 4.90 Å². The van der Waals surface area contributed by atoms with Crippen molar-refractivity contribution in [2.75, 3.05) is 13.2 Å². The van der Waals surface area contributed by atoms with Gasteiger partial charge in [0, 0.05) is 25.6 Å². The average molecular weight is 278 g/mol. The Morgan fingerprint density at radius 1 is 1.25 bits per heavy atom. The molecule has 2 amide bonds. The molecule has 0 atom stereocenters. The summed E-state index contributed by atoms with van der Waals surface area (Å²) >= 11 is 0. The second-order valence-electron chi connectivity index (χ2n) is 4.36. The van der Waals surface area contributed by atoms with Crippen molar-refractivity contribution >= 4 is 23.6 Å². The van der Waals surface area contributed by atoms with Crippen LogP contribution in [0.25, 0.3) is 0 Å². The third-order valence-corrected chi connectivity index (χ3v) is 2.96. The molecule has 0 spiro atoms. The van der Waals surface area contributed by atoms with Crippen LogP contribution in [0.15, 0.2) is 18.3 Å². The lowest BCUT2D eigenvalue weighted by atomic mass is 10.3. The fourth-order valence-electron chi connectivity index (χ4n) is 1.88. The number of Topliss-reactive ketones (excluding diaryl/α,β-unsaturated/α-hetero) is 1. The van der Waals surface area contributed by atoms with Crippen molar-refractivity contribution in [3.63, 3.8) is 0 Å². The summed E-state index contributed by atoms with van der Waals surface area (Å²) in [6.07, 6.45) is 1.88. The zero-order valence-electron chi connectivity index (χ0n) is 10.8. The Hall–Kier alpha value is -2.44. The zero-order chi connectivity index (χ0) is 14.5. The number of hydrogen-bond donors (Lipinski definition) is 1. The number of imide groups is 1. The molecule has 20 heavy (non-hydrogen) atoms. The second-order valence-corrected chi connectivity index (χ2v) is 4.36. The molecule has 0 bridgehead atoms. The summed E-state index contributed by atoms with van der Waals surface area (Å²) in [5, 5.41) is 0. The first-order valence-electron chi connectivity index (χ1n) is 6.23. The van der Waals surface area contributed by atoms with Gasteiger partial charge in [0.2, 0.25) is 17.6 Å². The molecule has 1 aromatic rings. The lowest BCUT2D eigenvalue weighted by Crippen LogP contribution is -2.31. The summed E-state index contributed by atoms with van der Waals surface area (Å²) in [7, 11) is 0. The van der Waals surface area contributed by atoms with Gasteiger partial charge < -0.3 is 9.72 Å². The van der Waals surface area contributed by atoms with Gasteiger partial charge in [-0.2, -0.15) is 0 Å². The van der Waals surface area contributed by atoms with E-state index in [1.165, 1.54) is 0 Å². The van der Waals surface area contributed by atoms with Crippen LogP contribution in [-0.4, -0.2) is 46.6 Å². The number of nitrogens with one attached hydrogen (secondary N) is 1. The zero-order valence-corrected chi connectivity index (χ0v) is 10.8. The Morgan fingerprint density at radius 2 is 1.95 bits per heavy atom. The number of aromatic nitrogens is 1. The van der Waals surface area contributed by atoms with Crippen molar-refractivity contribution in [2.24, 2.45) is 0 Å². The van der Waals surface area contributed by atoms with Gasteiger partial charge in [0.1, 0.15) is 0 Å². The molecule has 7 nitrogen and oxygen atoms in total. The first-order chi connectivity index (χ1) is 9.58. The highest BCUT2D eigenvalue weighted by Crippen LogP contribution is 2.12. The molecule has 106 valence electrons. The number of nitrogens with zero attached hydrogens (tertiary/aromatic N) is 1. The number of hydrogen-bond acceptors (Lipinski definition) is 5. The normalized spacial score (nSPS) is 14.7. The number of carbonyl (C=O) groups excluding carboxylic acids is 4. The Morgan fingerprint density at radius 3 is 2.55 bits per heavy atom. The van der Waals surface area contributed by atoms with Crippen LogP contribution in [0.5, 0.6) is 0 Å². The quantitative estimate of drug-likeness (QED) is 0.458. The van der Waals surface area contributed by atoms with E-state index in [1.807, 2.05) is 0 Å². The number of amides is 2. The van der Waals surface area contributed by atoms with Gasteiger partial charge in [-0.1, -0.05) is 0 Å². The van der Waals surface area contributed by atoms with Crippen LogP contribution in [0.3, 0.4) is 0 Å². The monoisotopic (exact) mass is 278 g/mol. The van der Waals surface area contributed by atoms with E-state index in [2.05, 4.69) is 4.98 Å². The smallest absolute Gasteiger partial charge is 0.308 e.